The number of benzene rings is 1. The van der Waals surface area contributed by atoms with E-state index in [1.165, 1.54) is 22.8 Å². The Labute approximate surface area is 140 Å². The molecule has 0 saturated carbocycles. The predicted octanol–water partition coefficient (Wildman–Crippen LogP) is 3.36. The van der Waals surface area contributed by atoms with Crippen molar-refractivity contribution >= 4 is 11.4 Å². The zero-order chi connectivity index (χ0) is 16.6. The Morgan fingerprint density at radius 2 is 1.87 bits per heavy atom. The quantitative estimate of drug-likeness (QED) is 0.623. The van der Waals surface area contributed by atoms with E-state index in [0.29, 0.717) is 0 Å². The molecule has 3 rings (SSSR count). The van der Waals surface area contributed by atoms with Crippen molar-refractivity contribution in [3.8, 4) is 0 Å². The molecule has 3 heteroatoms. The van der Waals surface area contributed by atoms with E-state index in [1.54, 1.807) is 0 Å². The number of rotatable bonds is 4. The minimum Gasteiger partial charge on any atom is -0.359 e. The first-order valence-corrected chi connectivity index (χ1v) is 8.55. The van der Waals surface area contributed by atoms with Crippen LogP contribution in [0.15, 0.2) is 48.8 Å². The van der Waals surface area contributed by atoms with E-state index in [4.69, 9.17) is 0 Å². The molecule has 0 N–H and O–H groups in total. The summed E-state index contributed by atoms with van der Waals surface area (Å²) in [5.74, 6) is 1.29. The molecule has 1 atom stereocenters. The van der Waals surface area contributed by atoms with Crippen LogP contribution in [0.4, 0.5) is 5.69 Å². The molecule has 2 aliphatic heterocycles. The van der Waals surface area contributed by atoms with Crippen LogP contribution < -0.4 is 0 Å². The second-order valence-electron chi connectivity index (χ2n) is 6.81. The molecule has 3 nitrogen and oxygen atoms in total. The lowest BCUT2D eigenvalue weighted by Gasteiger charge is -2.21. The minimum absolute atomic E-state index is 0.136. The predicted molar refractivity (Wildman–Crippen MR) is 97.4 cm³/mol. The highest BCUT2D eigenvalue weighted by atomic mass is 15.4. The van der Waals surface area contributed by atoms with Crippen molar-refractivity contribution in [2.75, 3.05) is 33.7 Å². The summed E-state index contributed by atoms with van der Waals surface area (Å²) >= 11 is 0. The highest BCUT2D eigenvalue weighted by Crippen LogP contribution is 2.41. The lowest BCUT2D eigenvalue weighted by Crippen LogP contribution is -2.31. The third-order valence-electron chi connectivity index (χ3n) is 5.25. The Kier molecular flexibility index (Phi) is 4.05. The monoisotopic (exact) mass is 310 g/mol. The van der Waals surface area contributed by atoms with Gasteiger partial charge >= 0.3 is 0 Å². The summed E-state index contributed by atoms with van der Waals surface area (Å²) in [6.45, 7) is 11.9. The minimum atomic E-state index is -0.136. The van der Waals surface area contributed by atoms with Crippen LogP contribution in [-0.4, -0.2) is 53.8 Å². The molecule has 1 aromatic carbocycles. The SMILES string of the molecule is C=CC1(C)C(C=C2N(C)CCN2C)=[N+](CCC)c2ccccc21. The first-order chi connectivity index (χ1) is 11.0. The van der Waals surface area contributed by atoms with E-state index in [-0.39, 0.29) is 5.41 Å². The van der Waals surface area contributed by atoms with Crippen molar-refractivity contribution in [3.63, 3.8) is 0 Å². The van der Waals surface area contributed by atoms with E-state index in [0.717, 1.165) is 26.1 Å². The van der Waals surface area contributed by atoms with Gasteiger partial charge in [-0.2, -0.15) is 4.58 Å². The molecule has 23 heavy (non-hydrogen) atoms. The van der Waals surface area contributed by atoms with Crippen LogP contribution in [0.5, 0.6) is 0 Å². The highest BCUT2D eigenvalue weighted by molar-refractivity contribution is 6.05. The van der Waals surface area contributed by atoms with Crippen LogP contribution in [0.1, 0.15) is 25.8 Å². The maximum Gasteiger partial charge on any atom is 0.210 e. The standard InChI is InChI=1S/C20H28N3/c1-6-12-23-17-11-9-8-10-16(17)20(3,7-2)18(23)15-19-21(4)13-14-22(19)5/h7-11,15H,2,6,12-14H2,1,3-5H3/q+1. The molecule has 1 unspecified atom stereocenters. The van der Waals surface area contributed by atoms with Gasteiger partial charge in [0.15, 0.2) is 5.71 Å². The molecule has 0 amide bonds. The first kappa shape index (κ1) is 15.9. The number of hydrogen-bond donors (Lipinski definition) is 0. The summed E-state index contributed by atoms with van der Waals surface area (Å²) in [5, 5.41) is 0. The van der Waals surface area contributed by atoms with Gasteiger partial charge in [-0.05, 0) is 6.92 Å². The average molecular weight is 310 g/mol. The van der Waals surface area contributed by atoms with Crippen LogP contribution >= 0.6 is 0 Å². The van der Waals surface area contributed by atoms with Crippen molar-refractivity contribution in [1.82, 2.24) is 9.80 Å². The van der Waals surface area contributed by atoms with Gasteiger partial charge in [0.2, 0.25) is 5.69 Å². The van der Waals surface area contributed by atoms with Crippen molar-refractivity contribution < 1.29 is 4.58 Å². The number of para-hydroxylation sites is 1. The third-order valence-corrected chi connectivity index (χ3v) is 5.25. The second-order valence-corrected chi connectivity index (χ2v) is 6.81. The van der Waals surface area contributed by atoms with Gasteiger partial charge in [-0.1, -0.05) is 31.2 Å². The molecule has 0 radical (unpaired) electrons. The Balaban J connectivity index is 2.20. The Morgan fingerprint density at radius 1 is 1.22 bits per heavy atom. The lowest BCUT2D eigenvalue weighted by molar-refractivity contribution is -0.437. The summed E-state index contributed by atoms with van der Waals surface area (Å²) in [4.78, 5) is 4.67. The molecule has 2 aliphatic rings. The normalized spacial score (nSPS) is 23.6. The zero-order valence-electron chi connectivity index (χ0n) is 14.8. The largest absolute Gasteiger partial charge is 0.359 e. The van der Waals surface area contributed by atoms with Crippen molar-refractivity contribution in [2.24, 2.45) is 0 Å². The van der Waals surface area contributed by atoms with Gasteiger partial charge in [-0.3, -0.25) is 0 Å². The molecule has 0 aliphatic carbocycles. The smallest absolute Gasteiger partial charge is 0.210 e. The fourth-order valence-electron chi connectivity index (χ4n) is 3.77. The zero-order valence-corrected chi connectivity index (χ0v) is 14.8. The molecule has 0 aromatic heterocycles. The van der Waals surface area contributed by atoms with Gasteiger partial charge in [0.05, 0.1) is 0 Å². The molecular formula is C20H28N3+. The van der Waals surface area contributed by atoms with Gasteiger partial charge in [0, 0.05) is 51.3 Å². The van der Waals surface area contributed by atoms with Gasteiger partial charge in [0.25, 0.3) is 0 Å². The van der Waals surface area contributed by atoms with Gasteiger partial charge in [-0.25, -0.2) is 0 Å². The molecule has 0 spiro atoms. The van der Waals surface area contributed by atoms with Crippen LogP contribution in [-0.2, 0) is 5.41 Å². The van der Waals surface area contributed by atoms with E-state index < -0.39 is 0 Å². The maximum atomic E-state index is 4.17. The summed E-state index contributed by atoms with van der Waals surface area (Å²) in [7, 11) is 4.35. The van der Waals surface area contributed by atoms with E-state index in [2.05, 4.69) is 85.3 Å². The number of likely N-dealkylation sites (N-methyl/N-ethyl adjacent to an activating group) is 2. The molecule has 1 aromatic rings. The van der Waals surface area contributed by atoms with Gasteiger partial charge in [0.1, 0.15) is 17.8 Å². The van der Waals surface area contributed by atoms with Crippen LogP contribution in [0, 0.1) is 0 Å². The molecule has 1 saturated heterocycles. The van der Waals surface area contributed by atoms with Gasteiger partial charge in [-0.15, -0.1) is 6.58 Å². The number of fused-ring (bicyclic) bond motifs is 1. The fraction of sp³-hybridized carbons (Fsp3) is 0.450. The van der Waals surface area contributed by atoms with Crippen LogP contribution in [0.25, 0.3) is 0 Å². The Bertz CT molecular complexity index is 674. The van der Waals surface area contributed by atoms with Crippen molar-refractivity contribution in [1.29, 1.82) is 0 Å². The summed E-state index contributed by atoms with van der Waals surface area (Å²) in [6.07, 6.45) is 5.59. The Hall–Kier alpha value is -2.03. The number of hydrogen-bond acceptors (Lipinski definition) is 2. The second kappa shape index (κ2) is 5.88. The van der Waals surface area contributed by atoms with Crippen molar-refractivity contribution in [3.05, 3.63) is 54.4 Å². The highest BCUT2D eigenvalue weighted by Gasteiger charge is 2.46. The molecule has 122 valence electrons. The van der Waals surface area contributed by atoms with Crippen LogP contribution in [0.3, 0.4) is 0 Å². The maximum absolute atomic E-state index is 4.17. The molecule has 0 bridgehead atoms. The lowest BCUT2D eigenvalue weighted by atomic mass is 9.79. The van der Waals surface area contributed by atoms with E-state index in [9.17, 15) is 0 Å². The summed E-state index contributed by atoms with van der Waals surface area (Å²) in [5.41, 5.74) is 3.89. The number of nitrogens with zero attached hydrogens (tertiary/aromatic N) is 3. The third kappa shape index (κ3) is 2.39. The number of allylic oxidation sites excluding steroid dienone is 2. The summed E-state index contributed by atoms with van der Waals surface area (Å²) in [6, 6.07) is 8.75. The van der Waals surface area contributed by atoms with Crippen LogP contribution in [0.2, 0.25) is 0 Å². The summed E-state index contributed by atoms with van der Waals surface area (Å²) < 4.78 is 2.48. The first-order valence-electron chi connectivity index (χ1n) is 8.55. The Morgan fingerprint density at radius 3 is 2.48 bits per heavy atom. The molecule has 2 heterocycles. The average Bonchev–Trinajstić information content (AvgIpc) is 3.00. The topological polar surface area (TPSA) is 9.49 Å². The van der Waals surface area contributed by atoms with E-state index in [1.807, 2.05) is 0 Å². The molecular weight excluding hydrogens is 282 g/mol. The van der Waals surface area contributed by atoms with Gasteiger partial charge < -0.3 is 9.80 Å². The fourth-order valence-corrected chi connectivity index (χ4v) is 3.77. The molecule has 1 fully saturated rings. The van der Waals surface area contributed by atoms with E-state index >= 15 is 0 Å². The van der Waals surface area contributed by atoms with Crippen molar-refractivity contribution in [2.45, 2.75) is 25.7 Å².